The fourth-order valence-corrected chi connectivity index (χ4v) is 5.40. The Kier molecular flexibility index (Phi) is 3.66. The molecule has 142 valence electrons. The first-order chi connectivity index (χ1) is 13.0. The number of hydrogen-bond donors (Lipinski definition) is 1. The maximum atomic E-state index is 12.6. The number of imidazole rings is 1. The molecule has 1 amide bonds. The van der Waals surface area contributed by atoms with Crippen LogP contribution >= 0.6 is 0 Å². The van der Waals surface area contributed by atoms with Crippen molar-refractivity contribution < 1.29 is 18.7 Å². The number of aliphatic hydroxyl groups excluding tert-OH is 1. The summed E-state index contributed by atoms with van der Waals surface area (Å²) in [6, 6.07) is 8.26. The van der Waals surface area contributed by atoms with Crippen molar-refractivity contribution in [2.75, 3.05) is 13.1 Å². The van der Waals surface area contributed by atoms with E-state index in [2.05, 4.69) is 21.7 Å². The van der Waals surface area contributed by atoms with E-state index in [1.54, 1.807) is 0 Å². The molecule has 3 heterocycles. The summed E-state index contributed by atoms with van der Waals surface area (Å²) < 4.78 is 27.4. The minimum Gasteiger partial charge on any atom is -0.392 e. The Morgan fingerprint density at radius 2 is 2.00 bits per heavy atom. The smallest absolute Gasteiger partial charge is 0.315 e. The average molecular weight is 373 g/mol. The van der Waals surface area contributed by atoms with Crippen molar-refractivity contribution in [2.45, 2.75) is 37.8 Å². The lowest BCUT2D eigenvalue weighted by Crippen LogP contribution is -2.60. The van der Waals surface area contributed by atoms with Crippen LogP contribution in [-0.4, -0.2) is 51.1 Å². The van der Waals surface area contributed by atoms with E-state index in [1.165, 1.54) is 10.5 Å². The van der Waals surface area contributed by atoms with Crippen LogP contribution in [0, 0.1) is 11.3 Å². The van der Waals surface area contributed by atoms with E-state index < -0.39 is 18.4 Å². The molecule has 27 heavy (non-hydrogen) atoms. The lowest BCUT2D eigenvalue weighted by atomic mass is 9.53. The highest BCUT2D eigenvalue weighted by molar-refractivity contribution is 5.79. The Hall–Kier alpha value is -2.28. The predicted molar refractivity (Wildman–Crippen MR) is 94.2 cm³/mol. The molecule has 2 aliphatic heterocycles. The van der Waals surface area contributed by atoms with Crippen LogP contribution < -0.4 is 0 Å². The molecule has 3 atom stereocenters. The molecular weight excluding hydrogens is 352 g/mol. The Labute approximate surface area is 155 Å². The zero-order valence-electron chi connectivity index (χ0n) is 14.8. The third-order valence-corrected chi connectivity index (χ3v) is 6.86. The number of nitrogens with zero attached hydrogens (tertiary/aromatic N) is 3. The summed E-state index contributed by atoms with van der Waals surface area (Å²) in [6.45, 7) is 0.592. The van der Waals surface area contributed by atoms with Crippen molar-refractivity contribution in [1.29, 1.82) is 0 Å². The molecule has 2 fully saturated rings. The van der Waals surface area contributed by atoms with Crippen molar-refractivity contribution in [3.05, 3.63) is 42.4 Å². The number of amides is 1. The van der Waals surface area contributed by atoms with Gasteiger partial charge in [-0.2, -0.15) is 8.78 Å². The number of aliphatic hydroxyl groups is 1. The fraction of sp³-hybridized carbons (Fsp3) is 0.500. The quantitative estimate of drug-likeness (QED) is 0.881. The summed E-state index contributed by atoms with van der Waals surface area (Å²) in [5, 5.41) is 11.1. The number of alkyl halides is 2. The zero-order chi connectivity index (χ0) is 18.8. The number of carbonyl (C=O) groups is 1. The van der Waals surface area contributed by atoms with E-state index in [0.717, 1.165) is 17.7 Å². The standard InChI is InChI=1S/C20H21F2N3O2/c21-18(22)19(27)24-7-5-20(6-8-24)9-14(17(20)26)16-13-4-2-1-3-12(13)15-10-23-11-25(15)16/h1-4,10-11,14,16-18,26H,5-9H2/t14-,16+,17+/m0/s1. The number of rotatable bonds is 2. The summed E-state index contributed by atoms with van der Waals surface area (Å²) in [5.74, 6) is -1.03. The van der Waals surface area contributed by atoms with Gasteiger partial charge in [0.25, 0.3) is 5.91 Å². The second kappa shape index (κ2) is 5.86. The number of benzene rings is 1. The second-order valence-electron chi connectivity index (χ2n) is 8.02. The summed E-state index contributed by atoms with van der Waals surface area (Å²) in [7, 11) is 0. The maximum Gasteiger partial charge on any atom is 0.315 e. The zero-order valence-corrected chi connectivity index (χ0v) is 14.8. The fourth-order valence-electron chi connectivity index (χ4n) is 5.40. The van der Waals surface area contributed by atoms with E-state index in [-0.39, 0.29) is 17.4 Å². The van der Waals surface area contributed by atoms with Gasteiger partial charge in [0.05, 0.1) is 30.4 Å². The van der Waals surface area contributed by atoms with Gasteiger partial charge in [-0.15, -0.1) is 0 Å². The number of piperidine rings is 1. The average Bonchev–Trinajstić information content (AvgIpc) is 3.27. The second-order valence-corrected chi connectivity index (χ2v) is 8.02. The molecule has 5 nitrogen and oxygen atoms in total. The number of hydrogen-bond acceptors (Lipinski definition) is 3. The molecule has 1 saturated carbocycles. The lowest BCUT2D eigenvalue weighted by molar-refractivity contribution is -0.169. The van der Waals surface area contributed by atoms with Crippen molar-refractivity contribution in [3.8, 4) is 11.3 Å². The highest BCUT2D eigenvalue weighted by Crippen LogP contribution is 2.59. The van der Waals surface area contributed by atoms with Crippen LogP contribution in [0.3, 0.4) is 0 Å². The van der Waals surface area contributed by atoms with Crippen molar-refractivity contribution >= 4 is 5.91 Å². The molecule has 3 aliphatic rings. The van der Waals surface area contributed by atoms with Gasteiger partial charge in [0.15, 0.2) is 0 Å². The Bertz CT molecular complexity index is 889. The van der Waals surface area contributed by atoms with Crippen LogP contribution in [0.5, 0.6) is 0 Å². The summed E-state index contributed by atoms with van der Waals surface area (Å²) in [4.78, 5) is 17.0. The summed E-state index contributed by atoms with van der Waals surface area (Å²) in [6.07, 6.45) is 2.21. The molecule has 0 unspecified atom stereocenters. The third kappa shape index (κ3) is 2.30. The molecular formula is C20H21F2N3O2. The van der Waals surface area contributed by atoms with Gasteiger partial charge in [0.1, 0.15) is 0 Å². The molecule has 0 radical (unpaired) electrons. The van der Waals surface area contributed by atoms with Gasteiger partial charge >= 0.3 is 6.43 Å². The van der Waals surface area contributed by atoms with E-state index in [0.29, 0.717) is 25.9 Å². The summed E-state index contributed by atoms with van der Waals surface area (Å²) >= 11 is 0. The normalized spacial score (nSPS) is 28.1. The largest absolute Gasteiger partial charge is 0.392 e. The van der Waals surface area contributed by atoms with Gasteiger partial charge in [0, 0.05) is 30.0 Å². The Balaban J connectivity index is 1.35. The molecule has 1 saturated heterocycles. The topological polar surface area (TPSA) is 58.4 Å². The van der Waals surface area contributed by atoms with Crippen molar-refractivity contribution in [2.24, 2.45) is 11.3 Å². The molecule has 1 aliphatic carbocycles. The van der Waals surface area contributed by atoms with E-state index >= 15 is 0 Å². The molecule has 5 rings (SSSR count). The molecule has 0 bridgehead atoms. The molecule has 2 aromatic rings. The highest BCUT2D eigenvalue weighted by atomic mass is 19.3. The van der Waals surface area contributed by atoms with Gasteiger partial charge in [0.2, 0.25) is 0 Å². The number of likely N-dealkylation sites (tertiary alicyclic amines) is 1. The van der Waals surface area contributed by atoms with Crippen LogP contribution in [0.1, 0.15) is 30.9 Å². The van der Waals surface area contributed by atoms with Crippen LogP contribution in [0.15, 0.2) is 36.8 Å². The Morgan fingerprint density at radius 3 is 2.70 bits per heavy atom. The molecule has 1 aromatic heterocycles. The van der Waals surface area contributed by atoms with Gasteiger partial charge in [-0.25, -0.2) is 4.98 Å². The number of halogens is 2. The van der Waals surface area contributed by atoms with Crippen LogP contribution in [0.4, 0.5) is 8.78 Å². The van der Waals surface area contributed by atoms with Gasteiger partial charge in [-0.3, -0.25) is 4.79 Å². The number of aromatic nitrogens is 2. The van der Waals surface area contributed by atoms with Crippen molar-refractivity contribution in [1.82, 2.24) is 14.5 Å². The molecule has 1 spiro atoms. The molecule has 1 N–H and O–H groups in total. The van der Waals surface area contributed by atoms with Gasteiger partial charge in [-0.05, 0) is 24.8 Å². The first-order valence-corrected chi connectivity index (χ1v) is 9.38. The van der Waals surface area contributed by atoms with E-state index in [4.69, 9.17) is 0 Å². The number of fused-ring (bicyclic) bond motifs is 3. The SMILES string of the molecule is O=C(C(F)F)N1CCC2(CC1)C[C@@H]([C@H]1c3ccccc3-c3cncn31)[C@H]2O. The maximum absolute atomic E-state index is 12.6. The van der Waals surface area contributed by atoms with Crippen LogP contribution in [0.25, 0.3) is 11.3 Å². The van der Waals surface area contributed by atoms with E-state index in [9.17, 15) is 18.7 Å². The molecule has 1 aromatic carbocycles. The first kappa shape index (κ1) is 16.9. The highest BCUT2D eigenvalue weighted by Gasteiger charge is 2.58. The molecule has 7 heteroatoms. The monoisotopic (exact) mass is 373 g/mol. The predicted octanol–water partition coefficient (Wildman–Crippen LogP) is 2.71. The van der Waals surface area contributed by atoms with Gasteiger partial charge in [-0.1, -0.05) is 24.3 Å². The lowest BCUT2D eigenvalue weighted by Gasteiger charge is -2.57. The first-order valence-electron chi connectivity index (χ1n) is 9.38. The van der Waals surface area contributed by atoms with Crippen molar-refractivity contribution in [3.63, 3.8) is 0 Å². The summed E-state index contributed by atoms with van der Waals surface area (Å²) in [5.41, 5.74) is 3.17. The number of carbonyl (C=O) groups excluding carboxylic acids is 1. The minimum atomic E-state index is -2.95. The van der Waals surface area contributed by atoms with Crippen LogP contribution in [0.2, 0.25) is 0 Å². The van der Waals surface area contributed by atoms with Crippen LogP contribution in [-0.2, 0) is 4.79 Å². The Morgan fingerprint density at radius 1 is 1.26 bits per heavy atom. The third-order valence-electron chi connectivity index (χ3n) is 6.86. The van der Waals surface area contributed by atoms with Gasteiger partial charge < -0.3 is 14.6 Å². The minimum absolute atomic E-state index is 0.0556. The van der Waals surface area contributed by atoms with E-state index in [1.807, 2.05) is 24.7 Å².